The molecular formula is C10H12F3NO2. The van der Waals surface area contributed by atoms with E-state index in [0.29, 0.717) is 5.56 Å². The average molecular weight is 235 g/mol. The maximum absolute atomic E-state index is 11.8. The van der Waals surface area contributed by atoms with E-state index in [4.69, 9.17) is 5.11 Å². The molecule has 0 aromatic heterocycles. The van der Waals surface area contributed by atoms with Gasteiger partial charge in [-0.05, 0) is 6.07 Å². The Morgan fingerprint density at radius 2 is 1.88 bits per heavy atom. The normalized spacial score (nSPS) is 11.7. The molecule has 0 spiro atoms. The van der Waals surface area contributed by atoms with Gasteiger partial charge in [-0.1, -0.05) is 12.1 Å². The first-order chi connectivity index (χ1) is 7.40. The molecule has 3 nitrogen and oxygen atoms in total. The summed E-state index contributed by atoms with van der Waals surface area (Å²) in [6, 6.07) is 4.33. The van der Waals surface area contributed by atoms with Crippen LogP contribution in [0.2, 0.25) is 0 Å². The molecule has 0 atom stereocenters. The number of alkyl halides is 3. The topological polar surface area (TPSA) is 52.5 Å². The van der Waals surface area contributed by atoms with Gasteiger partial charge in [0.25, 0.3) is 0 Å². The van der Waals surface area contributed by atoms with Crippen LogP contribution >= 0.6 is 0 Å². The van der Waals surface area contributed by atoms with Crippen molar-refractivity contribution in [1.29, 1.82) is 0 Å². The Bertz CT molecular complexity index is 352. The molecule has 0 bridgehead atoms. The van der Waals surface area contributed by atoms with Crippen LogP contribution < -0.4 is 5.32 Å². The van der Waals surface area contributed by atoms with Crippen molar-refractivity contribution in [1.82, 2.24) is 5.32 Å². The Labute approximate surface area is 90.5 Å². The van der Waals surface area contributed by atoms with Crippen LogP contribution in [0.4, 0.5) is 13.2 Å². The summed E-state index contributed by atoms with van der Waals surface area (Å²) in [7, 11) is 0. The van der Waals surface area contributed by atoms with E-state index in [1.807, 2.05) is 0 Å². The van der Waals surface area contributed by atoms with E-state index in [0.717, 1.165) is 0 Å². The summed E-state index contributed by atoms with van der Waals surface area (Å²) in [4.78, 5) is 0. The van der Waals surface area contributed by atoms with E-state index in [1.54, 1.807) is 0 Å². The summed E-state index contributed by atoms with van der Waals surface area (Å²) >= 11 is 0. The number of hydrogen-bond acceptors (Lipinski definition) is 3. The van der Waals surface area contributed by atoms with Crippen LogP contribution in [-0.2, 0) is 6.54 Å². The Kier molecular flexibility index (Phi) is 4.00. The van der Waals surface area contributed by atoms with Gasteiger partial charge in [0, 0.05) is 18.7 Å². The maximum Gasteiger partial charge on any atom is 0.390 e. The van der Waals surface area contributed by atoms with Gasteiger partial charge in [0.15, 0.2) is 11.5 Å². The zero-order valence-electron chi connectivity index (χ0n) is 8.38. The van der Waals surface area contributed by atoms with Crippen LogP contribution in [0.3, 0.4) is 0 Å². The Balaban J connectivity index is 2.41. The van der Waals surface area contributed by atoms with Gasteiger partial charge in [0.1, 0.15) is 0 Å². The summed E-state index contributed by atoms with van der Waals surface area (Å²) in [6.45, 7) is -0.144. The van der Waals surface area contributed by atoms with Crippen molar-refractivity contribution in [2.24, 2.45) is 0 Å². The lowest BCUT2D eigenvalue weighted by molar-refractivity contribution is -0.133. The molecule has 0 saturated heterocycles. The standard InChI is InChI=1S/C10H12F3NO2/c11-10(12,13)4-5-14-6-7-2-1-3-8(15)9(7)16/h1-3,14-16H,4-6H2. The molecule has 1 aromatic rings. The summed E-state index contributed by atoms with van der Waals surface area (Å²) in [5.74, 6) is -0.586. The van der Waals surface area contributed by atoms with E-state index >= 15 is 0 Å². The monoisotopic (exact) mass is 235 g/mol. The lowest BCUT2D eigenvalue weighted by atomic mass is 10.2. The molecule has 1 rings (SSSR count). The van der Waals surface area contributed by atoms with Gasteiger partial charge in [-0.25, -0.2) is 0 Å². The molecule has 0 unspecified atom stereocenters. The number of halogens is 3. The molecule has 0 heterocycles. The van der Waals surface area contributed by atoms with E-state index in [2.05, 4.69) is 5.32 Å². The fraction of sp³-hybridized carbons (Fsp3) is 0.400. The minimum absolute atomic E-state index is 0.0797. The first-order valence-corrected chi connectivity index (χ1v) is 4.67. The first-order valence-electron chi connectivity index (χ1n) is 4.67. The molecule has 1 aromatic carbocycles. The fourth-order valence-corrected chi connectivity index (χ4v) is 1.17. The van der Waals surface area contributed by atoms with Crippen molar-refractivity contribution in [3.63, 3.8) is 0 Å². The zero-order chi connectivity index (χ0) is 12.2. The molecule has 16 heavy (non-hydrogen) atoms. The minimum atomic E-state index is -4.19. The number of para-hydroxylation sites is 1. The predicted molar refractivity (Wildman–Crippen MR) is 52.2 cm³/mol. The van der Waals surface area contributed by atoms with Crippen molar-refractivity contribution in [3.05, 3.63) is 23.8 Å². The minimum Gasteiger partial charge on any atom is -0.504 e. The highest BCUT2D eigenvalue weighted by molar-refractivity contribution is 5.44. The van der Waals surface area contributed by atoms with Gasteiger partial charge in [0.05, 0.1) is 6.42 Å². The summed E-state index contributed by atoms with van der Waals surface area (Å²) < 4.78 is 35.4. The van der Waals surface area contributed by atoms with Crippen LogP contribution in [-0.4, -0.2) is 22.9 Å². The van der Waals surface area contributed by atoms with E-state index in [9.17, 15) is 18.3 Å². The molecule has 0 saturated carbocycles. The molecule has 0 aliphatic carbocycles. The van der Waals surface area contributed by atoms with Crippen LogP contribution in [0.1, 0.15) is 12.0 Å². The van der Waals surface area contributed by atoms with Crippen LogP contribution in [0.15, 0.2) is 18.2 Å². The first kappa shape index (κ1) is 12.6. The van der Waals surface area contributed by atoms with Crippen molar-refractivity contribution in [2.45, 2.75) is 19.1 Å². The van der Waals surface area contributed by atoms with Gasteiger partial charge in [-0.15, -0.1) is 0 Å². The quantitative estimate of drug-likeness (QED) is 0.553. The van der Waals surface area contributed by atoms with Crippen molar-refractivity contribution in [3.8, 4) is 11.5 Å². The maximum atomic E-state index is 11.8. The zero-order valence-corrected chi connectivity index (χ0v) is 8.38. The molecule has 3 N–H and O–H groups in total. The highest BCUT2D eigenvalue weighted by atomic mass is 19.4. The number of hydrogen-bond donors (Lipinski definition) is 3. The average Bonchev–Trinajstić information content (AvgIpc) is 2.17. The van der Waals surface area contributed by atoms with Gasteiger partial charge < -0.3 is 15.5 Å². The van der Waals surface area contributed by atoms with Gasteiger partial charge in [-0.2, -0.15) is 13.2 Å². The third-order valence-electron chi connectivity index (χ3n) is 2.00. The molecular weight excluding hydrogens is 223 g/mol. The van der Waals surface area contributed by atoms with E-state index in [-0.39, 0.29) is 24.6 Å². The molecule has 0 amide bonds. The molecule has 0 aliphatic rings. The highest BCUT2D eigenvalue weighted by Crippen LogP contribution is 2.28. The molecule has 0 aliphatic heterocycles. The van der Waals surface area contributed by atoms with Crippen molar-refractivity contribution >= 4 is 0 Å². The van der Waals surface area contributed by atoms with Gasteiger partial charge in [0.2, 0.25) is 0 Å². The Hall–Kier alpha value is -1.43. The smallest absolute Gasteiger partial charge is 0.390 e. The van der Waals surface area contributed by atoms with Gasteiger partial charge in [-0.3, -0.25) is 0 Å². The van der Waals surface area contributed by atoms with E-state index < -0.39 is 12.6 Å². The van der Waals surface area contributed by atoms with Crippen LogP contribution in [0, 0.1) is 0 Å². The number of benzene rings is 1. The third-order valence-corrected chi connectivity index (χ3v) is 2.00. The second-order valence-corrected chi connectivity index (χ2v) is 3.33. The second kappa shape index (κ2) is 5.07. The van der Waals surface area contributed by atoms with Crippen molar-refractivity contribution < 1.29 is 23.4 Å². The van der Waals surface area contributed by atoms with Crippen molar-refractivity contribution in [2.75, 3.05) is 6.54 Å². The molecule has 0 fully saturated rings. The lowest BCUT2D eigenvalue weighted by Crippen LogP contribution is -2.21. The summed E-state index contributed by atoms with van der Waals surface area (Å²) in [6.07, 6.45) is -5.11. The number of phenols is 2. The third kappa shape index (κ3) is 3.98. The SMILES string of the molecule is Oc1cccc(CNCCC(F)(F)F)c1O. The highest BCUT2D eigenvalue weighted by Gasteiger charge is 2.25. The summed E-state index contributed by atoms with van der Waals surface area (Å²) in [5, 5.41) is 21.0. The van der Waals surface area contributed by atoms with Gasteiger partial charge >= 0.3 is 6.18 Å². The second-order valence-electron chi connectivity index (χ2n) is 3.33. The number of rotatable bonds is 4. The molecule has 90 valence electrons. The largest absolute Gasteiger partial charge is 0.504 e. The Morgan fingerprint density at radius 1 is 1.19 bits per heavy atom. The fourth-order valence-electron chi connectivity index (χ4n) is 1.17. The predicted octanol–water partition coefficient (Wildman–Crippen LogP) is 2.14. The number of nitrogens with one attached hydrogen (secondary N) is 1. The summed E-state index contributed by atoms with van der Waals surface area (Å²) in [5.41, 5.74) is 0.363. The number of phenolic OH excluding ortho intramolecular Hbond substituents is 2. The number of aromatic hydroxyl groups is 2. The van der Waals surface area contributed by atoms with Crippen LogP contribution in [0.25, 0.3) is 0 Å². The Morgan fingerprint density at radius 3 is 2.50 bits per heavy atom. The molecule has 6 heteroatoms. The lowest BCUT2D eigenvalue weighted by Gasteiger charge is -2.09. The van der Waals surface area contributed by atoms with Crippen LogP contribution in [0.5, 0.6) is 11.5 Å². The van der Waals surface area contributed by atoms with E-state index in [1.165, 1.54) is 18.2 Å². The molecule has 0 radical (unpaired) electrons.